The van der Waals surface area contributed by atoms with Gasteiger partial charge in [0.2, 0.25) is 0 Å². The van der Waals surface area contributed by atoms with Gasteiger partial charge in [-0.2, -0.15) is 0 Å². The molecule has 4 heteroatoms. The van der Waals surface area contributed by atoms with Crippen molar-refractivity contribution in [3.8, 4) is 0 Å². The molecule has 0 bridgehead atoms. The molecule has 2 aromatic rings. The molecule has 0 saturated heterocycles. The zero-order valence-corrected chi connectivity index (χ0v) is 8.53. The molecule has 0 aliphatic rings. The molecule has 1 N–H and O–H groups in total. The molecule has 3 nitrogen and oxygen atoms in total. The van der Waals surface area contributed by atoms with Crippen LogP contribution in [0.1, 0.15) is 5.56 Å². The van der Waals surface area contributed by atoms with Gasteiger partial charge in [0, 0.05) is 16.6 Å². The van der Waals surface area contributed by atoms with Crippen LogP contribution in [0.15, 0.2) is 30.5 Å². The molecular weight excluding hydrogens is 214 g/mol. The number of carboxylic acid groups (broad SMARTS) is 1. The van der Waals surface area contributed by atoms with E-state index in [-0.39, 0.29) is 6.42 Å². The summed E-state index contributed by atoms with van der Waals surface area (Å²) in [5, 5.41) is 10.0. The van der Waals surface area contributed by atoms with E-state index in [0.717, 1.165) is 10.9 Å². The van der Waals surface area contributed by atoms with Crippen molar-refractivity contribution < 1.29 is 9.90 Å². The van der Waals surface area contributed by atoms with Crippen molar-refractivity contribution in [2.45, 2.75) is 6.42 Å². The van der Waals surface area contributed by atoms with Gasteiger partial charge >= 0.3 is 5.97 Å². The summed E-state index contributed by atoms with van der Waals surface area (Å²) in [5.41, 5.74) is 1.43. The highest BCUT2D eigenvalue weighted by Gasteiger charge is 2.04. The van der Waals surface area contributed by atoms with E-state index in [1.165, 1.54) is 0 Å². The van der Waals surface area contributed by atoms with Gasteiger partial charge in [0.25, 0.3) is 0 Å². The molecule has 76 valence electrons. The number of hydrogen-bond donors (Lipinski definition) is 1. The fourth-order valence-electron chi connectivity index (χ4n) is 1.43. The summed E-state index contributed by atoms with van der Waals surface area (Å²) in [7, 11) is 0. The van der Waals surface area contributed by atoms with Crippen LogP contribution in [0.5, 0.6) is 0 Å². The second kappa shape index (κ2) is 3.87. The molecule has 1 heterocycles. The second-order valence-electron chi connectivity index (χ2n) is 3.22. The lowest BCUT2D eigenvalue weighted by atomic mass is 10.1. The SMILES string of the molecule is O=C(O)Cc1cnc2cccc(Cl)c2c1. The number of halogens is 1. The number of fused-ring (bicyclic) bond motifs is 1. The molecule has 15 heavy (non-hydrogen) atoms. The van der Waals surface area contributed by atoms with Crippen LogP contribution in [-0.4, -0.2) is 16.1 Å². The number of rotatable bonds is 2. The highest BCUT2D eigenvalue weighted by molar-refractivity contribution is 6.35. The fraction of sp³-hybridized carbons (Fsp3) is 0.0909. The molecule has 0 aliphatic heterocycles. The van der Waals surface area contributed by atoms with E-state index >= 15 is 0 Å². The summed E-state index contributed by atoms with van der Waals surface area (Å²) in [6, 6.07) is 7.18. The summed E-state index contributed by atoms with van der Waals surface area (Å²) < 4.78 is 0. The maximum atomic E-state index is 10.5. The van der Waals surface area contributed by atoms with Crippen LogP contribution in [-0.2, 0) is 11.2 Å². The molecule has 0 atom stereocenters. The second-order valence-corrected chi connectivity index (χ2v) is 3.63. The van der Waals surface area contributed by atoms with Crippen LogP contribution in [0.25, 0.3) is 10.9 Å². The standard InChI is InChI=1S/C11H8ClNO2/c12-9-2-1-3-10-8(9)4-7(6-13-10)5-11(14)15/h1-4,6H,5H2,(H,14,15). The van der Waals surface area contributed by atoms with Gasteiger partial charge in [0.05, 0.1) is 11.9 Å². The Morgan fingerprint density at radius 2 is 2.27 bits per heavy atom. The van der Waals surface area contributed by atoms with Crippen LogP contribution < -0.4 is 0 Å². The van der Waals surface area contributed by atoms with Crippen LogP contribution in [0, 0.1) is 0 Å². The van der Waals surface area contributed by atoms with Crippen molar-refractivity contribution in [3.05, 3.63) is 41.0 Å². The molecule has 0 spiro atoms. The maximum Gasteiger partial charge on any atom is 0.307 e. The van der Waals surface area contributed by atoms with E-state index in [9.17, 15) is 4.79 Å². The molecule has 2 rings (SSSR count). The van der Waals surface area contributed by atoms with Crippen LogP contribution in [0.3, 0.4) is 0 Å². The van der Waals surface area contributed by atoms with Crippen molar-refractivity contribution >= 4 is 28.5 Å². The van der Waals surface area contributed by atoms with E-state index in [1.807, 2.05) is 12.1 Å². The summed E-state index contributed by atoms with van der Waals surface area (Å²) in [5.74, 6) is -0.872. The first-order valence-corrected chi connectivity index (χ1v) is 4.79. The van der Waals surface area contributed by atoms with Gasteiger partial charge in [-0.05, 0) is 23.8 Å². The van der Waals surface area contributed by atoms with Crippen molar-refractivity contribution in [1.29, 1.82) is 0 Å². The lowest BCUT2D eigenvalue weighted by Gasteiger charge is -2.01. The van der Waals surface area contributed by atoms with Crippen LogP contribution in [0.4, 0.5) is 0 Å². The fourth-order valence-corrected chi connectivity index (χ4v) is 1.65. The van der Waals surface area contributed by atoms with E-state index in [1.54, 1.807) is 18.3 Å². The van der Waals surface area contributed by atoms with Gasteiger partial charge in [-0.1, -0.05) is 17.7 Å². The Hall–Kier alpha value is -1.61. The predicted octanol–water partition coefficient (Wildman–Crippen LogP) is 2.52. The number of aromatic nitrogens is 1. The third-order valence-corrected chi connectivity index (χ3v) is 2.41. The quantitative estimate of drug-likeness (QED) is 0.848. The van der Waals surface area contributed by atoms with Crippen molar-refractivity contribution in [3.63, 3.8) is 0 Å². The molecule has 0 unspecified atom stereocenters. The molecule has 0 amide bonds. The van der Waals surface area contributed by atoms with Crippen LogP contribution in [0.2, 0.25) is 5.02 Å². The number of carboxylic acids is 1. The first-order chi connectivity index (χ1) is 7.16. The molecule has 1 aromatic carbocycles. The van der Waals surface area contributed by atoms with Crippen LogP contribution >= 0.6 is 11.6 Å². The number of hydrogen-bond acceptors (Lipinski definition) is 2. The molecule has 0 aliphatic carbocycles. The minimum atomic E-state index is -0.872. The number of pyridine rings is 1. The van der Waals surface area contributed by atoms with Gasteiger partial charge in [-0.15, -0.1) is 0 Å². The largest absolute Gasteiger partial charge is 0.481 e. The Morgan fingerprint density at radius 1 is 1.47 bits per heavy atom. The average molecular weight is 222 g/mol. The summed E-state index contributed by atoms with van der Waals surface area (Å²) in [6.45, 7) is 0. The van der Waals surface area contributed by atoms with Gasteiger partial charge in [-0.25, -0.2) is 0 Å². The Labute approximate surface area is 91.3 Å². The van der Waals surface area contributed by atoms with E-state index in [0.29, 0.717) is 10.6 Å². The first kappa shape index (κ1) is 9.93. The molecule has 1 aromatic heterocycles. The number of aliphatic carboxylic acids is 1. The lowest BCUT2D eigenvalue weighted by Crippen LogP contribution is -2.00. The zero-order chi connectivity index (χ0) is 10.8. The lowest BCUT2D eigenvalue weighted by molar-refractivity contribution is -0.136. The Balaban J connectivity index is 2.54. The van der Waals surface area contributed by atoms with Crippen molar-refractivity contribution in [1.82, 2.24) is 4.98 Å². The third-order valence-electron chi connectivity index (χ3n) is 2.08. The predicted molar refractivity (Wildman–Crippen MR) is 58.1 cm³/mol. The average Bonchev–Trinajstić information content (AvgIpc) is 2.18. The molecule has 0 radical (unpaired) electrons. The smallest absolute Gasteiger partial charge is 0.307 e. The topological polar surface area (TPSA) is 50.2 Å². The van der Waals surface area contributed by atoms with E-state index < -0.39 is 5.97 Å². The van der Waals surface area contributed by atoms with Crippen molar-refractivity contribution in [2.24, 2.45) is 0 Å². The van der Waals surface area contributed by atoms with Gasteiger partial charge in [-0.3, -0.25) is 9.78 Å². The Kier molecular flexibility index (Phi) is 2.56. The summed E-state index contributed by atoms with van der Waals surface area (Å²) >= 11 is 5.98. The number of carbonyl (C=O) groups is 1. The van der Waals surface area contributed by atoms with Gasteiger partial charge < -0.3 is 5.11 Å². The monoisotopic (exact) mass is 221 g/mol. The number of nitrogens with zero attached hydrogens (tertiary/aromatic N) is 1. The molecular formula is C11H8ClNO2. The number of benzene rings is 1. The first-order valence-electron chi connectivity index (χ1n) is 4.42. The summed E-state index contributed by atoms with van der Waals surface area (Å²) in [6.07, 6.45) is 1.53. The maximum absolute atomic E-state index is 10.5. The Morgan fingerprint density at radius 3 is 3.00 bits per heavy atom. The zero-order valence-electron chi connectivity index (χ0n) is 7.77. The van der Waals surface area contributed by atoms with E-state index in [2.05, 4.69) is 4.98 Å². The van der Waals surface area contributed by atoms with Gasteiger partial charge in [0.15, 0.2) is 0 Å². The minimum absolute atomic E-state index is 0.0336. The van der Waals surface area contributed by atoms with Crippen molar-refractivity contribution in [2.75, 3.05) is 0 Å². The molecule has 0 fully saturated rings. The summed E-state index contributed by atoms with van der Waals surface area (Å²) in [4.78, 5) is 14.7. The third kappa shape index (κ3) is 2.07. The van der Waals surface area contributed by atoms with E-state index in [4.69, 9.17) is 16.7 Å². The Bertz CT molecular complexity index is 525. The highest BCUT2D eigenvalue weighted by Crippen LogP contribution is 2.22. The minimum Gasteiger partial charge on any atom is -0.481 e. The normalized spacial score (nSPS) is 10.5. The van der Waals surface area contributed by atoms with Gasteiger partial charge in [0.1, 0.15) is 0 Å². The molecule has 0 saturated carbocycles. The highest BCUT2D eigenvalue weighted by atomic mass is 35.5.